The average molecular weight is 201 g/mol. The van der Waals surface area contributed by atoms with Gasteiger partial charge in [-0.3, -0.25) is 4.79 Å². The summed E-state index contributed by atoms with van der Waals surface area (Å²) in [6, 6.07) is 8.23. The number of hydrogen-bond donors (Lipinski definition) is 1. The van der Waals surface area contributed by atoms with Gasteiger partial charge in [0.15, 0.2) is 6.29 Å². The molecule has 0 atom stereocenters. The van der Waals surface area contributed by atoms with Gasteiger partial charge < -0.3 is 4.98 Å². The van der Waals surface area contributed by atoms with E-state index < -0.39 is 0 Å². The molecule has 0 radical (unpaired) electrons. The third-order valence-corrected chi connectivity index (χ3v) is 2.65. The van der Waals surface area contributed by atoms with Crippen LogP contribution in [-0.2, 0) is 6.42 Å². The Morgan fingerprint density at radius 1 is 1.33 bits per heavy atom. The van der Waals surface area contributed by atoms with E-state index in [-0.39, 0.29) is 0 Å². The Labute approximate surface area is 89.3 Å². The van der Waals surface area contributed by atoms with Gasteiger partial charge >= 0.3 is 0 Å². The molecule has 1 heterocycles. The van der Waals surface area contributed by atoms with Crippen molar-refractivity contribution in [1.29, 1.82) is 0 Å². The molecular formula is C13H15NO. The number of rotatable bonds is 4. The third kappa shape index (κ3) is 2.09. The molecule has 15 heavy (non-hydrogen) atoms. The molecule has 2 heteroatoms. The second-order valence-electron chi connectivity index (χ2n) is 3.87. The molecule has 2 rings (SSSR count). The molecule has 0 saturated heterocycles. The maximum atomic E-state index is 10.6. The Balaban J connectivity index is 2.33. The quantitative estimate of drug-likeness (QED) is 0.756. The van der Waals surface area contributed by atoms with Crippen LogP contribution in [0.4, 0.5) is 0 Å². The number of aromatic amines is 1. The Hall–Kier alpha value is -1.57. The van der Waals surface area contributed by atoms with Gasteiger partial charge in [-0.15, -0.1) is 0 Å². The van der Waals surface area contributed by atoms with E-state index in [1.54, 1.807) is 0 Å². The van der Waals surface area contributed by atoms with Gasteiger partial charge in [0.05, 0.1) is 5.69 Å². The molecule has 0 fully saturated rings. The number of aldehydes is 1. The van der Waals surface area contributed by atoms with E-state index in [0.29, 0.717) is 5.69 Å². The van der Waals surface area contributed by atoms with Crippen molar-refractivity contribution in [2.75, 3.05) is 0 Å². The number of hydrogen-bond acceptors (Lipinski definition) is 1. The Morgan fingerprint density at radius 3 is 2.93 bits per heavy atom. The zero-order valence-corrected chi connectivity index (χ0v) is 8.92. The smallest absolute Gasteiger partial charge is 0.166 e. The Kier molecular flexibility index (Phi) is 2.86. The molecule has 0 aliphatic carbocycles. The minimum atomic E-state index is 0.651. The van der Waals surface area contributed by atoms with Crippen LogP contribution in [0.2, 0.25) is 0 Å². The third-order valence-electron chi connectivity index (χ3n) is 2.65. The molecule has 0 amide bonds. The molecule has 78 valence electrons. The van der Waals surface area contributed by atoms with E-state index in [1.165, 1.54) is 18.4 Å². The molecule has 1 aromatic heterocycles. The van der Waals surface area contributed by atoms with E-state index in [2.05, 4.69) is 30.1 Å². The summed E-state index contributed by atoms with van der Waals surface area (Å²) in [4.78, 5) is 13.7. The van der Waals surface area contributed by atoms with E-state index in [0.717, 1.165) is 23.6 Å². The first-order valence-electron chi connectivity index (χ1n) is 5.40. The molecule has 0 spiro atoms. The molecule has 0 unspecified atom stereocenters. The van der Waals surface area contributed by atoms with Crippen molar-refractivity contribution in [3.8, 4) is 0 Å². The summed E-state index contributed by atoms with van der Waals surface area (Å²) >= 11 is 0. The first-order chi connectivity index (χ1) is 7.33. The number of fused-ring (bicyclic) bond motifs is 1. The number of aryl methyl sites for hydroxylation is 1. The summed E-state index contributed by atoms with van der Waals surface area (Å²) in [5, 5.41) is 1.11. The molecule has 1 aromatic carbocycles. The minimum absolute atomic E-state index is 0.651. The lowest BCUT2D eigenvalue weighted by atomic mass is 10.1. The molecule has 1 N–H and O–H groups in total. The van der Waals surface area contributed by atoms with Crippen LogP contribution in [0, 0.1) is 0 Å². The number of carbonyl (C=O) groups excluding carboxylic acids is 1. The van der Waals surface area contributed by atoms with Crippen LogP contribution in [0.25, 0.3) is 10.9 Å². The van der Waals surface area contributed by atoms with Crippen LogP contribution < -0.4 is 0 Å². The summed E-state index contributed by atoms with van der Waals surface area (Å²) in [6.07, 6.45) is 4.39. The van der Waals surface area contributed by atoms with Gasteiger partial charge in [0.1, 0.15) is 0 Å². The minimum Gasteiger partial charge on any atom is -0.352 e. The van der Waals surface area contributed by atoms with E-state index in [4.69, 9.17) is 0 Å². The highest BCUT2D eigenvalue weighted by Gasteiger charge is 2.00. The second kappa shape index (κ2) is 4.30. The summed E-state index contributed by atoms with van der Waals surface area (Å²) in [5.74, 6) is 0. The fourth-order valence-corrected chi connectivity index (χ4v) is 1.80. The summed E-state index contributed by atoms with van der Waals surface area (Å²) in [5.41, 5.74) is 3.05. The van der Waals surface area contributed by atoms with E-state index >= 15 is 0 Å². The average Bonchev–Trinajstić information content (AvgIpc) is 2.68. The summed E-state index contributed by atoms with van der Waals surface area (Å²) in [7, 11) is 0. The zero-order chi connectivity index (χ0) is 10.7. The zero-order valence-electron chi connectivity index (χ0n) is 8.92. The topological polar surface area (TPSA) is 32.9 Å². The number of unbranched alkanes of at least 4 members (excludes halogenated alkanes) is 1. The van der Waals surface area contributed by atoms with Crippen molar-refractivity contribution in [2.24, 2.45) is 0 Å². The highest BCUT2D eigenvalue weighted by atomic mass is 16.1. The molecular weight excluding hydrogens is 186 g/mol. The Bertz CT molecular complexity index is 470. The molecule has 0 aliphatic heterocycles. The predicted octanol–water partition coefficient (Wildman–Crippen LogP) is 3.32. The lowest BCUT2D eigenvalue weighted by Crippen LogP contribution is -1.84. The lowest BCUT2D eigenvalue weighted by Gasteiger charge is -1.99. The van der Waals surface area contributed by atoms with Crippen LogP contribution >= 0.6 is 0 Å². The maximum Gasteiger partial charge on any atom is 0.166 e. The van der Waals surface area contributed by atoms with E-state index in [1.807, 2.05) is 6.07 Å². The van der Waals surface area contributed by atoms with Gasteiger partial charge in [-0.1, -0.05) is 25.5 Å². The fraction of sp³-hybridized carbons (Fsp3) is 0.308. The first-order valence-corrected chi connectivity index (χ1v) is 5.40. The fourth-order valence-electron chi connectivity index (χ4n) is 1.80. The molecule has 0 bridgehead atoms. The van der Waals surface area contributed by atoms with Crippen LogP contribution in [-0.4, -0.2) is 11.3 Å². The number of benzene rings is 1. The van der Waals surface area contributed by atoms with E-state index in [9.17, 15) is 4.79 Å². The second-order valence-corrected chi connectivity index (χ2v) is 3.87. The molecule has 0 aliphatic rings. The molecule has 2 nitrogen and oxygen atoms in total. The van der Waals surface area contributed by atoms with Gasteiger partial charge in [0.2, 0.25) is 0 Å². The monoisotopic (exact) mass is 201 g/mol. The highest BCUT2D eigenvalue weighted by molar-refractivity contribution is 5.88. The Morgan fingerprint density at radius 2 is 2.20 bits per heavy atom. The maximum absolute atomic E-state index is 10.6. The number of carbonyl (C=O) groups is 1. The van der Waals surface area contributed by atoms with Gasteiger partial charge in [0.25, 0.3) is 0 Å². The normalized spacial score (nSPS) is 10.7. The van der Waals surface area contributed by atoms with Gasteiger partial charge in [-0.25, -0.2) is 0 Å². The standard InChI is InChI=1S/C13H15NO/c1-2-3-4-10-5-6-11-8-12(9-15)14-13(11)7-10/h5-9,14H,2-4H2,1H3. The summed E-state index contributed by atoms with van der Waals surface area (Å²) < 4.78 is 0. The van der Waals surface area contributed by atoms with Crippen molar-refractivity contribution < 1.29 is 4.79 Å². The van der Waals surface area contributed by atoms with Crippen molar-refractivity contribution in [3.05, 3.63) is 35.5 Å². The van der Waals surface area contributed by atoms with Gasteiger partial charge in [0, 0.05) is 10.9 Å². The first kappa shape index (κ1) is 9.97. The molecule has 0 saturated carbocycles. The predicted molar refractivity (Wildman–Crippen MR) is 62.3 cm³/mol. The number of aromatic nitrogens is 1. The lowest BCUT2D eigenvalue weighted by molar-refractivity contribution is 0.112. The van der Waals surface area contributed by atoms with Crippen LogP contribution in [0.3, 0.4) is 0 Å². The van der Waals surface area contributed by atoms with Crippen molar-refractivity contribution in [1.82, 2.24) is 4.98 Å². The SMILES string of the molecule is CCCCc1ccc2cc(C=O)[nH]c2c1. The van der Waals surface area contributed by atoms with Crippen LogP contribution in [0.1, 0.15) is 35.8 Å². The number of H-pyrrole nitrogens is 1. The number of nitrogens with one attached hydrogen (secondary N) is 1. The van der Waals surface area contributed by atoms with Gasteiger partial charge in [-0.05, 0) is 30.5 Å². The van der Waals surface area contributed by atoms with Crippen LogP contribution in [0.5, 0.6) is 0 Å². The van der Waals surface area contributed by atoms with Crippen LogP contribution in [0.15, 0.2) is 24.3 Å². The van der Waals surface area contributed by atoms with Crippen molar-refractivity contribution in [2.45, 2.75) is 26.2 Å². The van der Waals surface area contributed by atoms with Gasteiger partial charge in [-0.2, -0.15) is 0 Å². The van der Waals surface area contributed by atoms with Crippen molar-refractivity contribution in [3.63, 3.8) is 0 Å². The summed E-state index contributed by atoms with van der Waals surface area (Å²) in [6.45, 7) is 2.19. The van der Waals surface area contributed by atoms with Crippen molar-refractivity contribution >= 4 is 17.2 Å². The molecule has 2 aromatic rings. The highest BCUT2D eigenvalue weighted by Crippen LogP contribution is 2.17. The largest absolute Gasteiger partial charge is 0.352 e.